The lowest BCUT2D eigenvalue weighted by Crippen LogP contribution is -2.52. The van der Waals surface area contributed by atoms with E-state index in [1.54, 1.807) is 6.07 Å². The Hall–Kier alpha value is -1.89. The normalized spacial score (nSPS) is 22.1. The second-order valence-electron chi connectivity index (χ2n) is 8.26. The molecule has 1 N–H and O–H groups in total. The van der Waals surface area contributed by atoms with Gasteiger partial charge in [0.2, 0.25) is 0 Å². The molecule has 1 aromatic rings. The van der Waals surface area contributed by atoms with E-state index >= 15 is 0 Å². The summed E-state index contributed by atoms with van der Waals surface area (Å²) in [5.41, 5.74) is 0.756. The summed E-state index contributed by atoms with van der Waals surface area (Å²) in [5, 5.41) is 3.77. The number of rotatable bonds is 3. The van der Waals surface area contributed by atoms with Crippen LogP contribution in [0.15, 0.2) is 18.2 Å². The van der Waals surface area contributed by atoms with Gasteiger partial charge in [-0.25, -0.2) is 13.6 Å². The van der Waals surface area contributed by atoms with Gasteiger partial charge in [-0.2, -0.15) is 0 Å². The number of anilines is 1. The van der Waals surface area contributed by atoms with Crippen LogP contribution < -0.4 is 10.2 Å². The maximum absolute atomic E-state index is 13.5. The first-order valence-electron chi connectivity index (χ1n) is 10.6. The largest absolute Gasteiger partial charge is 0.371 e. The molecule has 3 saturated heterocycles. The summed E-state index contributed by atoms with van der Waals surface area (Å²) >= 11 is 0. The molecule has 3 fully saturated rings. The third kappa shape index (κ3) is 4.40. The molecule has 0 bridgehead atoms. The van der Waals surface area contributed by atoms with Crippen molar-refractivity contribution < 1.29 is 13.6 Å². The van der Waals surface area contributed by atoms with Gasteiger partial charge in [0.05, 0.1) is 0 Å². The number of carbonyl (C=O) groups is 1. The van der Waals surface area contributed by atoms with Gasteiger partial charge in [-0.1, -0.05) is 0 Å². The Morgan fingerprint density at radius 1 is 0.821 bits per heavy atom. The number of urea groups is 1. The average molecular weight is 392 g/mol. The van der Waals surface area contributed by atoms with Crippen LogP contribution in [0.1, 0.15) is 38.5 Å². The lowest BCUT2D eigenvalue weighted by molar-refractivity contribution is 0.142. The summed E-state index contributed by atoms with van der Waals surface area (Å²) in [6, 6.07) is 5.27. The Morgan fingerprint density at radius 3 is 2.00 bits per heavy atom. The minimum atomic E-state index is -0.796. The van der Waals surface area contributed by atoms with E-state index in [1.165, 1.54) is 12.1 Å². The number of likely N-dealkylation sites (tertiary alicyclic amines) is 2. The Kier molecular flexibility index (Phi) is 5.99. The molecule has 0 aromatic heterocycles. The van der Waals surface area contributed by atoms with Crippen molar-refractivity contribution in [2.45, 2.75) is 50.6 Å². The van der Waals surface area contributed by atoms with Gasteiger partial charge < -0.3 is 20.0 Å². The first-order chi connectivity index (χ1) is 13.6. The van der Waals surface area contributed by atoms with Crippen molar-refractivity contribution in [3.8, 4) is 0 Å². The highest BCUT2D eigenvalue weighted by molar-refractivity contribution is 5.74. The number of carbonyl (C=O) groups excluding carboxylic acids is 1. The third-order valence-electron chi connectivity index (χ3n) is 6.38. The monoisotopic (exact) mass is 392 g/mol. The SMILES string of the molecule is O=C(N1CCCC1)N1CCC(NC2CCN(c3ccc(F)c(F)c3)CC2)CC1. The standard InChI is InChI=1S/C21H30F2N4O/c22-19-4-3-18(15-20(19)23)25-11-5-16(6-12-25)24-17-7-13-27(14-8-17)21(28)26-9-1-2-10-26/h3-4,15-17,24H,1-2,5-14H2. The zero-order valence-electron chi connectivity index (χ0n) is 16.4. The number of nitrogens with zero attached hydrogens (tertiary/aromatic N) is 3. The highest BCUT2D eigenvalue weighted by atomic mass is 19.2. The summed E-state index contributed by atoms with van der Waals surface area (Å²) < 4.78 is 26.6. The van der Waals surface area contributed by atoms with E-state index in [4.69, 9.17) is 0 Å². The molecule has 0 aliphatic carbocycles. The molecule has 0 atom stereocenters. The van der Waals surface area contributed by atoms with E-state index in [-0.39, 0.29) is 6.03 Å². The zero-order chi connectivity index (χ0) is 19.5. The number of hydrogen-bond acceptors (Lipinski definition) is 3. The van der Waals surface area contributed by atoms with Crippen molar-refractivity contribution in [3.63, 3.8) is 0 Å². The molecule has 7 heteroatoms. The molecular formula is C21H30F2N4O. The van der Waals surface area contributed by atoms with Gasteiger partial charge in [0.25, 0.3) is 0 Å². The van der Waals surface area contributed by atoms with E-state index in [9.17, 15) is 13.6 Å². The Bertz CT molecular complexity index is 679. The first-order valence-corrected chi connectivity index (χ1v) is 10.6. The van der Waals surface area contributed by atoms with E-state index in [0.717, 1.165) is 83.5 Å². The molecule has 4 rings (SSSR count). The van der Waals surface area contributed by atoms with Crippen LogP contribution in [0.3, 0.4) is 0 Å². The topological polar surface area (TPSA) is 38.8 Å². The Balaban J connectivity index is 1.20. The quantitative estimate of drug-likeness (QED) is 0.859. The molecule has 154 valence electrons. The van der Waals surface area contributed by atoms with Crippen LogP contribution in [-0.4, -0.2) is 67.2 Å². The van der Waals surface area contributed by atoms with Crippen molar-refractivity contribution in [3.05, 3.63) is 29.8 Å². The molecule has 0 spiro atoms. The second kappa shape index (κ2) is 8.64. The van der Waals surface area contributed by atoms with Gasteiger partial charge in [0, 0.05) is 63.1 Å². The molecule has 28 heavy (non-hydrogen) atoms. The van der Waals surface area contributed by atoms with Gasteiger partial charge in [-0.15, -0.1) is 0 Å². The lowest BCUT2D eigenvalue weighted by Gasteiger charge is -2.39. The van der Waals surface area contributed by atoms with Crippen LogP contribution in [0.25, 0.3) is 0 Å². The van der Waals surface area contributed by atoms with Crippen LogP contribution in [0.2, 0.25) is 0 Å². The molecule has 0 radical (unpaired) electrons. The lowest BCUT2D eigenvalue weighted by atomic mass is 9.99. The number of nitrogens with one attached hydrogen (secondary N) is 1. The summed E-state index contributed by atoms with van der Waals surface area (Å²) in [7, 11) is 0. The number of halogens is 2. The summed E-state index contributed by atoms with van der Waals surface area (Å²) in [6.45, 7) is 5.17. The molecule has 3 heterocycles. The minimum Gasteiger partial charge on any atom is -0.371 e. The van der Waals surface area contributed by atoms with Crippen LogP contribution in [0.5, 0.6) is 0 Å². The van der Waals surface area contributed by atoms with Crippen molar-refractivity contribution in [1.82, 2.24) is 15.1 Å². The summed E-state index contributed by atoms with van der Waals surface area (Å²) in [4.78, 5) is 18.6. The molecule has 0 saturated carbocycles. The number of amides is 2. The molecule has 3 aliphatic heterocycles. The second-order valence-corrected chi connectivity index (χ2v) is 8.26. The first kappa shape index (κ1) is 19.4. The predicted octanol–water partition coefficient (Wildman–Crippen LogP) is 3.20. The van der Waals surface area contributed by atoms with E-state index in [2.05, 4.69) is 10.2 Å². The van der Waals surface area contributed by atoms with E-state index < -0.39 is 11.6 Å². The fourth-order valence-electron chi connectivity index (χ4n) is 4.67. The van der Waals surface area contributed by atoms with Gasteiger partial charge in [0.1, 0.15) is 0 Å². The van der Waals surface area contributed by atoms with E-state index in [1.807, 2.05) is 9.80 Å². The Morgan fingerprint density at radius 2 is 1.39 bits per heavy atom. The third-order valence-corrected chi connectivity index (χ3v) is 6.38. The van der Waals surface area contributed by atoms with Crippen molar-refractivity contribution in [1.29, 1.82) is 0 Å². The van der Waals surface area contributed by atoms with Gasteiger partial charge in [-0.05, 0) is 50.7 Å². The molecular weight excluding hydrogens is 362 g/mol. The maximum atomic E-state index is 13.5. The van der Waals surface area contributed by atoms with Crippen molar-refractivity contribution in [2.75, 3.05) is 44.2 Å². The molecule has 0 unspecified atom stereocenters. The number of hydrogen-bond donors (Lipinski definition) is 1. The van der Waals surface area contributed by atoms with Crippen LogP contribution in [-0.2, 0) is 0 Å². The zero-order valence-corrected chi connectivity index (χ0v) is 16.4. The Labute approximate surface area is 165 Å². The fraction of sp³-hybridized carbons (Fsp3) is 0.667. The minimum absolute atomic E-state index is 0.218. The van der Waals surface area contributed by atoms with Crippen LogP contribution >= 0.6 is 0 Å². The summed E-state index contributed by atoms with van der Waals surface area (Å²) in [6.07, 6.45) is 6.25. The van der Waals surface area contributed by atoms with Crippen LogP contribution in [0, 0.1) is 11.6 Å². The molecule has 3 aliphatic rings. The number of benzene rings is 1. The van der Waals surface area contributed by atoms with Crippen LogP contribution in [0.4, 0.5) is 19.3 Å². The molecule has 5 nitrogen and oxygen atoms in total. The smallest absolute Gasteiger partial charge is 0.319 e. The van der Waals surface area contributed by atoms with Gasteiger partial charge >= 0.3 is 6.03 Å². The average Bonchev–Trinajstić information content (AvgIpc) is 3.26. The highest BCUT2D eigenvalue weighted by Crippen LogP contribution is 2.23. The van der Waals surface area contributed by atoms with Crippen molar-refractivity contribution in [2.24, 2.45) is 0 Å². The van der Waals surface area contributed by atoms with Gasteiger partial charge in [-0.3, -0.25) is 0 Å². The van der Waals surface area contributed by atoms with Crippen molar-refractivity contribution >= 4 is 11.7 Å². The fourth-order valence-corrected chi connectivity index (χ4v) is 4.67. The molecule has 2 amide bonds. The molecule has 1 aromatic carbocycles. The predicted molar refractivity (Wildman–Crippen MR) is 106 cm³/mol. The van der Waals surface area contributed by atoms with Gasteiger partial charge in [0.15, 0.2) is 11.6 Å². The van der Waals surface area contributed by atoms with E-state index in [0.29, 0.717) is 12.1 Å². The summed E-state index contributed by atoms with van der Waals surface area (Å²) in [5.74, 6) is -1.58. The number of piperidine rings is 2. The highest BCUT2D eigenvalue weighted by Gasteiger charge is 2.29. The maximum Gasteiger partial charge on any atom is 0.319 e.